The van der Waals surface area contributed by atoms with E-state index >= 15 is 0 Å². The predicted molar refractivity (Wildman–Crippen MR) is 77.4 cm³/mol. The first kappa shape index (κ1) is 13.7. The van der Waals surface area contributed by atoms with Crippen molar-refractivity contribution in [1.29, 1.82) is 0 Å². The Labute approximate surface area is 114 Å². The van der Waals surface area contributed by atoms with Crippen LogP contribution in [0.2, 0.25) is 0 Å². The van der Waals surface area contributed by atoms with E-state index in [1.54, 1.807) is 6.07 Å². The first-order valence-electron chi connectivity index (χ1n) is 6.67. The minimum absolute atomic E-state index is 0.390. The summed E-state index contributed by atoms with van der Waals surface area (Å²) in [6.07, 6.45) is 3.84. The van der Waals surface area contributed by atoms with E-state index in [2.05, 4.69) is 12.2 Å². The lowest BCUT2D eigenvalue weighted by molar-refractivity contribution is 0.0602. The van der Waals surface area contributed by atoms with Crippen LogP contribution in [0.4, 0.5) is 11.4 Å². The van der Waals surface area contributed by atoms with Crippen LogP contribution in [0, 0.1) is 12.3 Å². The number of hydrogen-bond acceptors (Lipinski definition) is 4. The third-order valence-corrected chi connectivity index (χ3v) is 4.07. The maximum absolute atomic E-state index is 11.7. The van der Waals surface area contributed by atoms with Crippen molar-refractivity contribution in [3.8, 4) is 0 Å². The fourth-order valence-corrected chi connectivity index (χ4v) is 2.45. The number of carbonyl (C=O) groups is 1. The molecule has 1 aliphatic rings. The van der Waals surface area contributed by atoms with Crippen LogP contribution in [0.5, 0.6) is 0 Å². The van der Waals surface area contributed by atoms with Crippen LogP contribution < -0.4 is 11.1 Å². The molecule has 0 bridgehead atoms. The van der Waals surface area contributed by atoms with Crippen LogP contribution in [0.1, 0.15) is 42.1 Å². The molecule has 1 aromatic rings. The van der Waals surface area contributed by atoms with Crippen LogP contribution in [-0.4, -0.2) is 19.6 Å². The number of hydrogen-bond donors (Lipinski definition) is 2. The van der Waals surface area contributed by atoms with Gasteiger partial charge < -0.3 is 15.8 Å². The van der Waals surface area contributed by atoms with Gasteiger partial charge in [-0.15, -0.1) is 0 Å². The maximum atomic E-state index is 11.7. The Hall–Kier alpha value is -1.71. The molecule has 104 valence electrons. The Morgan fingerprint density at radius 1 is 1.47 bits per heavy atom. The van der Waals surface area contributed by atoms with Crippen molar-refractivity contribution in [3.05, 3.63) is 23.3 Å². The molecule has 19 heavy (non-hydrogen) atoms. The van der Waals surface area contributed by atoms with Crippen LogP contribution in [0.15, 0.2) is 12.1 Å². The summed E-state index contributed by atoms with van der Waals surface area (Å²) in [6.45, 7) is 5.11. The SMILES string of the molecule is COC(=O)c1cc(NCC2(C)CCC2)cc(C)c1N. The zero-order chi connectivity index (χ0) is 14.0. The summed E-state index contributed by atoms with van der Waals surface area (Å²) < 4.78 is 4.76. The molecule has 0 saturated heterocycles. The summed E-state index contributed by atoms with van der Waals surface area (Å²) in [5, 5.41) is 3.41. The highest BCUT2D eigenvalue weighted by Crippen LogP contribution is 2.40. The van der Waals surface area contributed by atoms with Gasteiger partial charge >= 0.3 is 5.97 Å². The lowest BCUT2D eigenvalue weighted by atomic mass is 9.70. The van der Waals surface area contributed by atoms with Crippen LogP contribution in [0.3, 0.4) is 0 Å². The third kappa shape index (κ3) is 2.83. The van der Waals surface area contributed by atoms with Gasteiger partial charge in [-0.1, -0.05) is 13.3 Å². The van der Waals surface area contributed by atoms with E-state index in [9.17, 15) is 4.79 Å². The number of benzene rings is 1. The lowest BCUT2D eigenvalue weighted by Gasteiger charge is -2.38. The Morgan fingerprint density at radius 2 is 2.16 bits per heavy atom. The summed E-state index contributed by atoms with van der Waals surface area (Å²) in [7, 11) is 1.37. The number of ether oxygens (including phenoxy) is 1. The minimum Gasteiger partial charge on any atom is -0.465 e. The number of nitrogens with two attached hydrogens (primary N) is 1. The fourth-order valence-electron chi connectivity index (χ4n) is 2.45. The van der Waals surface area contributed by atoms with Crippen molar-refractivity contribution in [2.75, 3.05) is 24.7 Å². The summed E-state index contributed by atoms with van der Waals surface area (Å²) >= 11 is 0. The monoisotopic (exact) mass is 262 g/mol. The zero-order valence-electron chi connectivity index (χ0n) is 11.9. The maximum Gasteiger partial charge on any atom is 0.340 e. The largest absolute Gasteiger partial charge is 0.465 e. The van der Waals surface area contributed by atoms with Crippen molar-refractivity contribution in [3.63, 3.8) is 0 Å². The predicted octanol–water partition coefficient (Wildman–Crippen LogP) is 2.97. The molecule has 0 spiro atoms. The molecule has 2 rings (SSSR count). The molecule has 0 aliphatic heterocycles. The highest BCUT2D eigenvalue weighted by molar-refractivity contribution is 5.97. The quantitative estimate of drug-likeness (QED) is 0.647. The number of rotatable bonds is 4. The van der Waals surface area contributed by atoms with Crippen molar-refractivity contribution in [2.45, 2.75) is 33.1 Å². The van der Waals surface area contributed by atoms with Gasteiger partial charge in [0.05, 0.1) is 12.7 Å². The van der Waals surface area contributed by atoms with E-state index in [1.807, 2.05) is 13.0 Å². The average molecular weight is 262 g/mol. The standard InChI is InChI=1S/C15H22N2O2/c1-10-7-11(17-9-15(2)5-4-6-15)8-12(13(10)16)14(18)19-3/h7-8,17H,4-6,9,16H2,1-3H3. The van der Waals surface area contributed by atoms with Gasteiger partial charge in [-0.25, -0.2) is 4.79 Å². The van der Waals surface area contributed by atoms with Gasteiger partial charge in [-0.2, -0.15) is 0 Å². The number of esters is 1. The van der Waals surface area contributed by atoms with E-state index in [1.165, 1.54) is 26.4 Å². The van der Waals surface area contributed by atoms with Gasteiger partial charge in [0.15, 0.2) is 0 Å². The molecule has 0 radical (unpaired) electrons. The fraction of sp³-hybridized carbons (Fsp3) is 0.533. The van der Waals surface area contributed by atoms with Crippen molar-refractivity contribution in [2.24, 2.45) is 5.41 Å². The molecule has 1 aliphatic carbocycles. The Kier molecular flexibility index (Phi) is 3.69. The Morgan fingerprint density at radius 3 is 2.68 bits per heavy atom. The third-order valence-electron chi connectivity index (χ3n) is 4.07. The van der Waals surface area contributed by atoms with Crippen LogP contribution >= 0.6 is 0 Å². The second kappa shape index (κ2) is 5.11. The summed E-state index contributed by atoms with van der Waals surface area (Å²) in [5.74, 6) is -0.390. The highest BCUT2D eigenvalue weighted by Gasteiger charge is 2.31. The van der Waals surface area contributed by atoms with E-state index in [0.717, 1.165) is 17.8 Å². The molecule has 4 heteroatoms. The van der Waals surface area contributed by atoms with Crippen LogP contribution in [0.25, 0.3) is 0 Å². The second-order valence-corrected chi connectivity index (χ2v) is 5.76. The Balaban J connectivity index is 2.16. The number of methoxy groups -OCH3 is 1. The molecule has 1 saturated carbocycles. The molecule has 4 nitrogen and oxygen atoms in total. The van der Waals surface area contributed by atoms with Crippen molar-refractivity contribution in [1.82, 2.24) is 0 Å². The van der Waals surface area contributed by atoms with Crippen LogP contribution in [-0.2, 0) is 4.74 Å². The molecule has 0 amide bonds. The number of anilines is 2. The first-order valence-corrected chi connectivity index (χ1v) is 6.67. The van der Waals surface area contributed by atoms with Crippen molar-refractivity contribution < 1.29 is 9.53 Å². The first-order chi connectivity index (χ1) is 8.95. The number of nitrogen functional groups attached to an aromatic ring is 1. The molecule has 3 N–H and O–H groups in total. The number of aryl methyl sites for hydroxylation is 1. The normalized spacial score (nSPS) is 16.6. The van der Waals surface area contributed by atoms with E-state index in [0.29, 0.717) is 16.7 Å². The molecule has 1 fully saturated rings. The highest BCUT2D eigenvalue weighted by atomic mass is 16.5. The second-order valence-electron chi connectivity index (χ2n) is 5.76. The van der Waals surface area contributed by atoms with E-state index in [4.69, 9.17) is 10.5 Å². The minimum atomic E-state index is -0.390. The topological polar surface area (TPSA) is 64.3 Å². The molecular weight excluding hydrogens is 240 g/mol. The molecule has 1 aromatic carbocycles. The number of carbonyl (C=O) groups excluding carboxylic acids is 1. The smallest absolute Gasteiger partial charge is 0.340 e. The Bertz CT molecular complexity index is 493. The molecular formula is C15H22N2O2. The summed E-state index contributed by atoms with van der Waals surface area (Å²) in [5.41, 5.74) is 9.06. The zero-order valence-corrected chi connectivity index (χ0v) is 11.9. The number of nitrogens with one attached hydrogen (secondary N) is 1. The summed E-state index contributed by atoms with van der Waals surface area (Å²) in [6, 6.07) is 3.75. The molecule has 0 unspecified atom stereocenters. The van der Waals surface area contributed by atoms with E-state index in [-0.39, 0.29) is 5.97 Å². The van der Waals surface area contributed by atoms with Gasteiger partial charge in [0.1, 0.15) is 0 Å². The van der Waals surface area contributed by atoms with Crippen molar-refractivity contribution >= 4 is 17.3 Å². The van der Waals surface area contributed by atoms with Gasteiger partial charge in [0.2, 0.25) is 0 Å². The van der Waals surface area contributed by atoms with E-state index < -0.39 is 0 Å². The van der Waals surface area contributed by atoms with Gasteiger partial charge in [0, 0.05) is 17.9 Å². The van der Waals surface area contributed by atoms with Gasteiger partial charge in [-0.3, -0.25) is 0 Å². The van der Waals surface area contributed by atoms with Gasteiger partial charge in [0.25, 0.3) is 0 Å². The molecule has 0 aromatic heterocycles. The lowest BCUT2D eigenvalue weighted by Crippen LogP contribution is -2.33. The molecule has 0 heterocycles. The molecule has 0 atom stereocenters. The van der Waals surface area contributed by atoms with Gasteiger partial charge in [-0.05, 0) is 42.9 Å². The average Bonchev–Trinajstić information content (AvgIpc) is 2.36. The summed E-state index contributed by atoms with van der Waals surface area (Å²) in [4.78, 5) is 11.7.